The molecule has 1 saturated heterocycles. The minimum Gasteiger partial charge on any atom is -0.508 e. The molecular formula is C22H30N2O. The molecule has 1 aliphatic rings. The molecule has 0 spiro atoms. The molecule has 1 unspecified atom stereocenters. The van der Waals surface area contributed by atoms with E-state index in [1.54, 1.807) is 6.07 Å². The number of hydrogen-bond donors (Lipinski definition) is 2. The maximum Gasteiger partial charge on any atom is 0.115 e. The van der Waals surface area contributed by atoms with Gasteiger partial charge in [0, 0.05) is 18.6 Å². The first-order valence-electron chi connectivity index (χ1n) is 9.35. The molecule has 0 bridgehead atoms. The van der Waals surface area contributed by atoms with Gasteiger partial charge in [0.2, 0.25) is 0 Å². The molecule has 3 rings (SSSR count). The molecule has 4 atom stereocenters. The van der Waals surface area contributed by atoms with Gasteiger partial charge < -0.3 is 10.4 Å². The number of likely N-dealkylation sites (N-methyl/N-ethyl adjacent to an activating group) is 1. The van der Waals surface area contributed by atoms with Gasteiger partial charge in [-0.1, -0.05) is 49.4 Å². The van der Waals surface area contributed by atoms with Crippen LogP contribution in [-0.4, -0.2) is 36.2 Å². The van der Waals surface area contributed by atoms with E-state index in [2.05, 4.69) is 60.5 Å². The van der Waals surface area contributed by atoms with Gasteiger partial charge in [-0.2, -0.15) is 0 Å². The molecule has 1 aliphatic heterocycles. The van der Waals surface area contributed by atoms with Gasteiger partial charge in [-0.15, -0.1) is 0 Å². The van der Waals surface area contributed by atoms with Crippen molar-refractivity contribution in [2.24, 2.45) is 5.92 Å². The number of piperidine rings is 1. The molecule has 0 amide bonds. The van der Waals surface area contributed by atoms with Crippen molar-refractivity contribution in [3.05, 3.63) is 65.7 Å². The predicted molar refractivity (Wildman–Crippen MR) is 104 cm³/mol. The molecule has 0 aliphatic carbocycles. The third-order valence-electron chi connectivity index (χ3n) is 5.96. The number of benzene rings is 2. The summed E-state index contributed by atoms with van der Waals surface area (Å²) in [5.74, 6) is 1.45. The van der Waals surface area contributed by atoms with Crippen molar-refractivity contribution in [1.82, 2.24) is 10.2 Å². The topological polar surface area (TPSA) is 35.5 Å². The lowest BCUT2D eigenvalue weighted by atomic mass is 9.77. The van der Waals surface area contributed by atoms with E-state index >= 15 is 0 Å². The summed E-state index contributed by atoms with van der Waals surface area (Å²) in [6.45, 7) is 6.81. The van der Waals surface area contributed by atoms with Crippen molar-refractivity contribution in [2.75, 3.05) is 20.1 Å². The third-order valence-corrected chi connectivity index (χ3v) is 5.96. The van der Waals surface area contributed by atoms with Crippen LogP contribution in [-0.2, 0) is 0 Å². The highest BCUT2D eigenvalue weighted by atomic mass is 16.3. The lowest BCUT2D eigenvalue weighted by Crippen LogP contribution is -2.48. The van der Waals surface area contributed by atoms with Gasteiger partial charge in [0.15, 0.2) is 0 Å². The average Bonchev–Trinajstić information content (AvgIpc) is 2.64. The van der Waals surface area contributed by atoms with Crippen LogP contribution in [0.2, 0.25) is 0 Å². The van der Waals surface area contributed by atoms with Crippen molar-refractivity contribution in [3.8, 4) is 5.75 Å². The maximum absolute atomic E-state index is 9.81. The van der Waals surface area contributed by atoms with Gasteiger partial charge in [0.05, 0.1) is 0 Å². The van der Waals surface area contributed by atoms with Gasteiger partial charge in [0.1, 0.15) is 5.75 Å². The third kappa shape index (κ3) is 4.05. The highest BCUT2D eigenvalue weighted by molar-refractivity contribution is 5.30. The summed E-state index contributed by atoms with van der Waals surface area (Å²) in [7, 11) is 2.05. The van der Waals surface area contributed by atoms with Crippen LogP contribution in [0.1, 0.15) is 43.4 Å². The molecule has 0 radical (unpaired) electrons. The molecule has 2 aromatic carbocycles. The summed E-state index contributed by atoms with van der Waals surface area (Å²) < 4.78 is 0. The van der Waals surface area contributed by atoms with Crippen LogP contribution in [0, 0.1) is 5.92 Å². The van der Waals surface area contributed by atoms with E-state index in [1.807, 2.05) is 19.2 Å². The highest BCUT2D eigenvalue weighted by Gasteiger charge is 2.34. The van der Waals surface area contributed by atoms with Crippen LogP contribution >= 0.6 is 0 Å². The summed E-state index contributed by atoms with van der Waals surface area (Å²) in [4.78, 5) is 2.61. The van der Waals surface area contributed by atoms with E-state index in [4.69, 9.17) is 0 Å². The van der Waals surface area contributed by atoms with Gasteiger partial charge in [0.25, 0.3) is 0 Å². The summed E-state index contributed by atoms with van der Waals surface area (Å²) in [6, 6.07) is 19.4. The van der Waals surface area contributed by atoms with Gasteiger partial charge in [-0.05, 0) is 62.0 Å². The number of nitrogens with one attached hydrogen (secondary N) is 1. The molecule has 2 N–H and O–H groups in total. The highest BCUT2D eigenvalue weighted by Crippen LogP contribution is 2.38. The van der Waals surface area contributed by atoms with Gasteiger partial charge >= 0.3 is 0 Å². The Hall–Kier alpha value is -1.84. The Bertz CT molecular complexity index is 673. The minimum absolute atomic E-state index is 0.355. The fraction of sp³-hybridized carbons (Fsp3) is 0.455. The second kappa shape index (κ2) is 8.03. The Balaban J connectivity index is 1.70. The van der Waals surface area contributed by atoms with Crippen LogP contribution in [0.4, 0.5) is 0 Å². The van der Waals surface area contributed by atoms with Crippen molar-refractivity contribution in [1.29, 1.82) is 0 Å². The van der Waals surface area contributed by atoms with Crippen LogP contribution in [0.25, 0.3) is 0 Å². The van der Waals surface area contributed by atoms with E-state index < -0.39 is 0 Å². The maximum atomic E-state index is 9.81. The molecule has 1 fully saturated rings. The van der Waals surface area contributed by atoms with Crippen molar-refractivity contribution in [3.63, 3.8) is 0 Å². The van der Waals surface area contributed by atoms with E-state index in [0.29, 0.717) is 29.7 Å². The number of hydrogen-bond acceptors (Lipinski definition) is 3. The normalized spacial score (nSPS) is 25.6. The van der Waals surface area contributed by atoms with Crippen LogP contribution in [0.3, 0.4) is 0 Å². The Morgan fingerprint density at radius 2 is 1.88 bits per heavy atom. The zero-order valence-corrected chi connectivity index (χ0v) is 15.5. The van der Waals surface area contributed by atoms with E-state index in [9.17, 15) is 5.11 Å². The number of rotatable bonds is 5. The fourth-order valence-corrected chi connectivity index (χ4v) is 4.21. The summed E-state index contributed by atoms with van der Waals surface area (Å²) in [6.07, 6.45) is 1.14. The number of phenolic OH excluding ortho intramolecular Hbond substituents is 1. The first-order valence-corrected chi connectivity index (χ1v) is 9.35. The van der Waals surface area contributed by atoms with Crippen LogP contribution in [0.15, 0.2) is 54.6 Å². The Labute approximate surface area is 151 Å². The average molecular weight is 338 g/mol. The lowest BCUT2D eigenvalue weighted by Gasteiger charge is -2.44. The number of aromatic hydroxyl groups is 1. The van der Waals surface area contributed by atoms with Crippen molar-refractivity contribution in [2.45, 2.75) is 38.3 Å². The predicted octanol–water partition coefficient (Wildman–Crippen LogP) is 4.17. The number of likely N-dealkylation sites (tertiary alicyclic amines) is 1. The zero-order chi connectivity index (χ0) is 17.8. The molecule has 0 saturated carbocycles. The molecule has 3 nitrogen and oxygen atoms in total. The second-order valence-electron chi connectivity index (χ2n) is 7.34. The number of phenols is 1. The monoisotopic (exact) mass is 338 g/mol. The smallest absolute Gasteiger partial charge is 0.115 e. The minimum atomic E-state index is 0.355. The molecular weight excluding hydrogens is 308 g/mol. The van der Waals surface area contributed by atoms with Crippen molar-refractivity contribution < 1.29 is 5.11 Å². The Morgan fingerprint density at radius 3 is 2.56 bits per heavy atom. The quantitative estimate of drug-likeness (QED) is 0.859. The Kier molecular flexibility index (Phi) is 5.77. The van der Waals surface area contributed by atoms with Gasteiger partial charge in [-0.3, -0.25) is 4.90 Å². The Morgan fingerprint density at radius 1 is 1.12 bits per heavy atom. The fourth-order valence-electron chi connectivity index (χ4n) is 4.21. The largest absolute Gasteiger partial charge is 0.508 e. The number of nitrogens with zero attached hydrogens (tertiary/aromatic N) is 1. The summed E-state index contributed by atoms with van der Waals surface area (Å²) in [5.41, 5.74) is 2.62. The lowest BCUT2D eigenvalue weighted by molar-refractivity contribution is 0.0865. The SMILES string of the molecule is CN[C@H](CN1CC[C@@H](c2cccc(O)c2)[C@@H](C)C1C)c1ccccc1. The van der Waals surface area contributed by atoms with Crippen LogP contribution < -0.4 is 5.32 Å². The first-order chi connectivity index (χ1) is 12.1. The molecule has 25 heavy (non-hydrogen) atoms. The summed E-state index contributed by atoms with van der Waals surface area (Å²) in [5, 5.41) is 13.3. The molecule has 3 heteroatoms. The molecule has 2 aromatic rings. The molecule has 1 heterocycles. The zero-order valence-electron chi connectivity index (χ0n) is 15.5. The van der Waals surface area contributed by atoms with Gasteiger partial charge in [-0.25, -0.2) is 0 Å². The second-order valence-corrected chi connectivity index (χ2v) is 7.34. The van der Waals surface area contributed by atoms with Crippen LogP contribution in [0.5, 0.6) is 5.75 Å². The van der Waals surface area contributed by atoms with E-state index in [-0.39, 0.29) is 0 Å². The van der Waals surface area contributed by atoms with Crippen molar-refractivity contribution >= 4 is 0 Å². The van der Waals surface area contributed by atoms with E-state index in [1.165, 1.54) is 11.1 Å². The summed E-state index contributed by atoms with van der Waals surface area (Å²) >= 11 is 0. The first kappa shape index (κ1) is 18.0. The molecule has 0 aromatic heterocycles. The molecule has 134 valence electrons. The van der Waals surface area contributed by atoms with E-state index in [0.717, 1.165) is 19.5 Å². The standard InChI is InChI=1S/C22H30N2O/c1-16-17(2)24(15-22(23-3)18-8-5-4-6-9-18)13-12-21(16)19-10-7-11-20(25)14-19/h4-11,14,16-17,21-23,25H,12-13,15H2,1-3H3/t16-,17?,21+,22+/m0/s1.